The van der Waals surface area contributed by atoms with Crippen molar-refractivity contribution in [2.75, 3.05) is 6.54 Å². The highest BCUT2D eigenvalue weighted by atomic mass is 16.2. The number of amides is 1. The summed E-state index contributed by atoms with van der Waals surface area (Å²) >= 11 is 0. The van der Waals surface area contributed by atoms with E-state index in [0.29, 0.717) is 11.8 Å². The number of benzene rings is 2. The second kappa shape index (κ2) is 9.81. The molecule has 2 aromatic carbocycles. The molecule has 1 fully saturated rings. The number of rotatable bonds is 8. The second-order valence-corrected chi connectivity index (χ2v) is 9.35. The monoisotopic (exact) mass is 429 g/mol. The maximum absolute atomic E-state index is 13.4. The number of carbonyl (C=O) groups is 1. The first-order chi connectivity index (χ1) is 15.5. The molecule has 168 valence electrons. The lowest BCUT2D eigenvalue weighted by Crippen LogP contribution is -2.43. The Labute approximate surface area is 192 Å². The molecule has 0 N–H and O–H groups in total. The molecule has 4 nitrogen and oxygen atoms in total. The molecule has 1 saturated carbocycles. The van der Waals surface area contributed by atoms with Gasteiger partial charge in [0.25, 0.3) is 0 Å². The van der Waals surface area contributed by atoms with Crippen LogP contribution in [0.1, 0.15) is 86.7 Å². The van der Waals surface area contributed by atoms with E-state index in [1.807, 2.05) is 19.2 Å². The van der Waals surface area contributed by atoms with E-state index in [1.165, 1.54) is 22.3 Å². The van der Waals surface area contributed by atoms with Crippen LogP contribution < -0.4 is 0 Å². The largest absolute Gasteiger partial charge is 0.336 e. The molecule has 2 aromatic rings. The number of amidine groups is 1. The molecule has 2 unspecified atom stereocenters. The van der Waals surface area contributed by atoms with Crippen molar-refractivity contribution < 1.29 is 4.79 Å². The molecule has 0 bridgehead atoms. The van der Waals surface area contributed by atoms with Gasteiger partial charge in [-0.3, -0.25) is 9.79 Å². The smallest absolute Gasteiger partial charge is 0.226 e. The molecular formula is C28H35N3O. The van der Waals surface area contributed by atoms with E-state index in [9.17, 15) is 4.79 Å². The summed E-state index contributed by atoms with van der Waals surface area (Å²) in [5.74, 6) is 1.78. The molecule has 1 aliphatic heterocycles. The minimum absolute atomic E-state index is 0.0476. The quantitative estimate of drug-likeness (QED) is 0.477. The van der Waals surface area contributed by atoms with Crippen LogP contribution >= 0.6 is 0 Å². The van der Waals surface area contributed by atoms with Crippen molar-refractivity contribution in [1.29, 1.82) is 0 Å². The van der Waals surface area contributed by atoms with E-state index < -0.39 is 0 Å². The summed E-state index contributed by atoms with van der Waals surface area (Å²) in [6.45, 7) is 9.28. The molecule has 0 saturated heterocycles. The van der Waals surface area contributed by atoms with E-state index in [2.05, 4.69) is 78.1 Å². The van der Waals surface area contributed by atoms with Gasteiger partial charge in [-0.2, -0.15) is 0 Å². The van der Waals surface area contributed by atoms with Gasteiger partial charge in [0.1, 0.15) is 11.9 Å². The predicted molar refractivity (Wildman–Crippen MR) is 132 cm³/mol. The van der Waals surface area contributed by atoms with Gasteiger partial charge in [-0.15, -0.1) is 0 Å². The van der Waals surface area contributed by atoms with E-state index in [0.717, 1.165) is 38.1 Å². The Kier molecular flexibility index (Phi) is 6.88. The Morgan fingerprint density at radius 3 is 2.50 bits per heavy atom. The van der Waals surface area contributed by atoms with Crippen LogP contribution in [0.2, 0.25) is 0 Å². The maximum atomic E-state index is 13.4. The summed E-state index contributed by atoms with van der Waals surface area (Å²) in [5.41, 5.74) is 5.05. The molecular weight excluding hydrogens is 394 g/mol. The summed E-state index contributed by atoms with van der Waals surface area (Å²) in [6, 6.07) is 17.3. The fourth-order valence-corrected chi connectivity index (χ4v) is 4.94. The number of aryl methyl sites for hydroxylation is 1. The topological polar surface area (TPSA) is 45.0 Å². The van der Waals surface area contributed by atoms with Crippen molar-refractivity contribution in [3.05, 3.63) is 70.8 Å². The van der Waals surface area contributed by atoms with Crippen LogP contribution in [0.25, 0.3) is 0 Å². The zero-order chi connectivity index (χ0) is 22.7. The highest BCUT2D eigenvalue weighted by Crippen LogP contribution is 2.44. The van der Waals surface area contributed by atoms with Gasteiger partial charge in [-0.25, -0.2) is 4.99 Å². The minimum atomic E-state index is 0.0476. The van der Waals surface area contributed by atoms with Gasteiger partial charge >= 0.3 is 0 Å². The summed E-state index contributed by atoms with van der Waals surface area (Å²) in [4.78, 5) is 24.5. The highest BCUT2D eigenvalue weighted by molar-refractivity contribution is 5.95. The van der Waals surface area contributed by atoms with Crippen molar-refractivity contribution in [2.45, 2.75) is 71.4 Å². The SMILES string of the molecule is CCCCN(C(=O)C1CC(c2ccc(C3C=NC(C)=N3)c(C)c2)C1)C(C)c1ccccc1. The zero-order valence-electron chi connectivity index (χ0n) is 19.8. The first kappa shape index (κ1) is 22.4. The van der Waals surface area contributed by atoms with Gasteiger partial charge in [-0.05, 0) is 68.2 Å². The molecule has 1 amide bonds. The van der Waals surface area contributed by atoms with Crippen LogP contribution in [-0.2, 0) is 4.79 Å². The number of hydrogen-bond acceptors (Lipinski definition) is 3. The van der Waals surface area contributed by atoms with Gasteiger partial charge in [0.15, 0.2) is 0 Å². The van der Waals surface area contributed by atoms with Crippen molar-refractivity contribution >= 4 is 18.0 Å². The molecule has 0 spiro atoms. The van der Waals surface area contributed by atoms with Crippen LogP contribution in [0.4, 0.5) is 0 Å². The van der Waals surface area contributed by atoms with Crippen molar-refractivity contribution in [3.8, 4) is 0 Å². The third-order valence-electron chi connectivity index (χ3n) is 7.08. The maximum Gasteiger partial charge on any atom is 0.226 e. The van der Waals surface area contributed by atoms with Crippen LogP contribution in [0.3, 0.4) is 0 Å². The van der Waals surface area contributed by atoms with Gasteiger partial charge in [-0.1, -0.05) is 61.9 Å². The Morgan fingerprint density at radius 1 is 1.12 bits per heavy atom. The number of aliphatic imine (C=N–C) groups is 2. The molecule has 4 heteroatoms. The van der Waals surface area contributed by atoms with E-state index in [1.54, 1.807) is 0 Å². The number of carbonyl (C=O) groups excluding carboxylic acids is 1. The van der Waals surface area contributed by atoms with Gasteiger partial charge in [0.2, 0.25) is 5.91 Å². The van der Waals surface area contributed by atoms with E-state index >= 15 is 0 Å². The number of hydrogen-bond donors (Lipinski definition) is 0. The average molecular weight is 430 g/mol. The first-order valence-electron chi connectivity index (χ1n) is 12.0. The zero-order valence-corrected chi connectivity index (χ0v) is 19.8. The fraction of sp³-hybridized carbons (Fsp3) is 0.464. The van der Waals surface area contributed by atoms with Crippen LogP contribution in [0.5, 0.6) is 0 Å². The molecule has 4 rings (SSSR count). The van der Waals surface area contributed by atoms with Crippen LogP contribution in [0.15, 0.2) is 58.5 Å². The predicted octanol–water partition coefficient (Wildman–Crippen LogP) is 6.42. The van der Waals surface area contributed by atoms with Gasteiger partial charge in [0.05, 0.1) is 6.04 Å². The summed E-state index contributed by atoms with van der Waals surface area (Å²) in [7, 11) is 0. The Hall–Kier alpha value is -2.75. The minimum Gasteiger partial charge on any atom is -0.336 e. The number of nitrogens with zero attached hydrogens (tertiary/aromatic N) is 3. The van der Waals surface area contributed by atoms with Crippen molar-refractivity contribution in [1.82, 2.24) is 4.90 Å². The lowest BCUT2D eigenvalue weighted by atomic mass is 9.70. The Balaban J connectivity index is 1.41. The van der Waals surface area contributed by atoms with Crippen LogP contribution in [-0.4, -0.2) is 29.4 Å². The normalized spacial score (nSPS) is 22.9. The fourth-order valence-electron chi connectivity index (χ4n) is 4.94. The summed E-state index contributed by atoms with van der Waals surface area (Å²) in [5, 5.41) is 0. The number of unbranched alkanes of at least 4 members (excludes halogenated alkanes) is 1. The Bertz CT molecular complexity index is 1000. The Morgan fingerprint density at radius 2 is 1.88 bits per heavy atom. The molecule has 1 aliphatic carbocycles. The summed E-state index contributed by atoms with van der Waals surface area (Å²) in [6.07, 6.45) is 5.97. The average Bonchev–Trinajstić information content (AvgIpc) is 3.19. The highest BCUT2D eigenvalue weighted by Gasteiger charge is 2.38. The lowest BCUT2D eigenvalue weighted by molar-refractivity contribution is -0.141. The van der Waals surface area contributed by atoms with E-state index in [-0.39, 0.29) is 18.0 Å². The summed E-state index contributed by atoms with van der Waals surface area (Å²) < 4.78 is 0. The third kappa shape index (κ3) is 4.69. The standard InChI is InChI=1S/C28H35N3O/c1-5-6-14-31(20(3)22-10-8-7-9-11-22)28(32)25-16-24(17-25)23-12-13-26(19(2)15-23)27-18-29-21(4)30-27/h7-13,15,18,20,24-25,27H,5-6,14,16-17H2,1-4H3. The molecule has 2 aliphatic rings. The third-order valence-corrected chi connectivity index (χ3v) is 7.08. The van der Waals surface area contributed by atoms with Crippen molar-refractivity contribution in [3.63, 3.8) is 0 Å². The second-order valence-electron chi connectivity index (χ2n) is 9.35. The van der Waals surface area contributed by atoms with Gasteiger partial charge < -0.3 is 4.90 Å². The molecule has 1 heterocycles. The molecule has 0 aromatic heterocycles. The van der Waals surface area contributed by atoms with Gasteiger partial charge in [0, 0.05) is 18.7 Å². The molecule has 32 heavy (non-hydrogen) atoms. The first-order valence-corrected chi connectivity index (χ1v) is 12.0. The molecule has 2 atom stereocenters. The van der Waals surface area contributed by atoms with Crippen LogP contribution in [0, 0.1) is 12.8 Å². The molecule has 0 radical (unpaired) electrons. The van der Waals surface area contributed by atoms with Crippen molar-refractivity contribution in [2.24, 2.45) is 15.9 Å². The lowest BCUT2D eigenvalue weighted by Gasteiger charge is -2.40. The van der Waals surface area contributed by atoms with E-state index in [4.69, 9.17) is 0 Å².